The molecule has 0 spiro atoms. The molecule has 21 heavy (non-hydrogen) atoms. The monoisotopic (exact) mass is 320 g/mol. The van der Waals surface area contributed by atoms with Gasteiger partial charge in [0.25, 0.3) is 5.91 Å². The first-order valence-corrected chi connectivity index (χ1v) is 6.32. The maximum Gasteiger partial charge on any atom is 0.416 e. The Hall–Kier alpha value is -2.23. The van der Waals surface area contributed by atoms with E-state index in [9.17, 15) is 22.4 Å². The predicted molar refractivity (Wildman–Crippen MR) is 68.8 cm³/mol. The van der Waals surface area contributed by atoms with E-state index in [0.29, 0.717) is 23.3 Å². The van der Waals surface area contributed by atoms with Crippen molar-refractivity contribution >= 4 is 28.1 Å². The summed E-state index contributed by atoms with van der Waals surface area (Å²) in [5.74, 6) is -1.82. The van der Waals surface area contributed by atoms with E-state index >= 15 is 0 Å². The Balaban J connectivity index is 2.24. The molecule has 1 amide bonds. The molecule has 1 aromatic heterocycles. The average molecular weight is 320 g/mol. The van der Waals surface area contributed by atoms with Crippen molar-refractivity contribution < 1.29 is 22.4 Å². The molecule has 0 aliphatic rings. The second-order valence-electron chi connectivity index (χ2n) is 3.81. The van der Waals surface area contributed by atoms with E-state index in [1.165, 1.54) is 0 Å². The molecular formula is C11H8F4N4OS. The van der Waals surface area contributed by atoms with Crippen LogP contribution in [0.2, 0.25) is 0 Å². The van der Waals surface area contributed by atoms with Crippen LogP contribution in [0.3, 0.4) is 0 Å². The molecule has 0 unspecified atom stereocenters. The Labute approximate surface area is 120 Å². The topological polar surface area (TPSA) is 66.9 Å². The average Bonchev–Trinajstić information content (AvgIpc) is 2.88. The molecule has 0 saturated heterocycles. The summed E-state index contributed by atoms with van der Waals surface area (Å²) >= 11 is 0.886. The molecule has 0 saturated carbocycles. The Morgan fingerprint density at radius 3 is 2.57 bits per heavy atom. The predicted octanol–water partition coefficient (Wildman–Crippen LogP) is 2.99. The summed E-state index contributed by atoms with van der Waals surface area (Å²) in [5.41, 5.74) is -1.64. The van der Waals surface area contributed by atoms with Gasteiger partial charge in [-0.25, -0.2) is 4.39 Å². The summed E-state index contributed by atoms with van der Waals surface area (Å²) in [5, 5.41) is 12.1. The van der Waals surface area contributed by atoms with Gasteiger partial charge in [-0.05, 0) is 18.2 Å². The lowest BCUT2D eigenvalue weighted by atomic mass is 10.2. The van der Waals surface area contributed by atoms with E-state index in [-0.39, 0.29) is 5.01 Å². The number of rotatable bonds is 3. The normalized spacial score (nSPS) is 11.3. The highest BCUT2D eigenvalue weighted by Gasteiger charge is 2.31. The SMILES string of the molecule is CNc1nnc(C(=O)Nc2cc(C(F)(F)F)ccc2F)s1. The number of carbonyl (C=O) groups excluding carboxylic acids is 1. The molecular weight excluding hydrogens is 312 g/mol. The van der Waals surface area contributed by atoms with Crippen LogP contribution in [-0.4, -0.2) is 23.2 Å². The van der Waals surface area contributed by atoms with Gasteiger partial charge in [0.05, 0.1) is 11.3 Å². The molecule has 2 N–H and O–H groups in total. The van der Waals surface area contributed by atoms with E-state index in [4.69, 9.17) is 0 Å². The van der Waals surface area contributed by atoms with E-state index in [2.05, 4.69) is 15.5 Å². The first-order valence-electron chi connectivity index (χ1n) is 5.50. The number of hydrogen-bond acceptors (Lipinski definition) is 5. The number of nitrogens with zero attached hydrogens (tertiary/aromatic N) is 2. The Morgan fingerprint density at radius 1 is 1.29 bits per heavy atom. The second-order valence-corrected chi connectivity index (χ2v) is 4.79. The number of hydrogen-bond donors (Lipinski definition) is 2. The molecule has 2 aromatic rings. The number of amides is 1. The van der Waals surface area contributed by atoms with Gasteiger partial charge in [0.15, 0.2) is 0 Å². The van der Waals surface area contributed by atoms with Crippen LogP contribution in [0.4, 0.5) is 28.4 Å². The molecule has 1 aromatic carbocycles. The van der Waals surface area contributed by atoms with Gasteiger partial charge in [-0.1, -0.05) is 11.3 Å². The smallest absolute Gasteiger partial charge is 0.363 e. The van der Waals surface area contributed by atoms with Gasteiger partial charge in [0.2, 0.25) is 10.1 Å². The minimum absolute atomic E-state index is 0.101. The molecule has 0 atom stereocenters. The van der Waals surface area contributed by atoms with E-state index in [0.717, 1.165) is 11.3 Å². The highest BCUT2D eigenvalue weighted by atomic mass is 32.1. The van der Waals surface area contributed by atoms with Gasteiger partial charge in [-0.15, -0.1) is 10.2 Å². The third-order valence-corrected chi connectivity index (χ3v) is 3.31. The number of aromatic nitrogens is 2. The highest BCUT2D eigenvalue weighted by Crippen LogP contribution is 2.32. The number of benzene rings is 1. The van der Waals surface area contributed by atoms with E-state index < -0.39 is 29.2 Å². The summed E-state index contributed by atoms with van der Waals surface area (Å²) in [4.78, 5) is 11.8. The van der Waals surface area contributed by atoms with Crippen LogP contribution in [0.15, 0.2) is 18.2 Å². The minimum Gasteiger partial charge on any atom is -0.363 e. The fraction of sp³-hybridized carbons (Fsp3) is 0.182. The van der Waals surface area contributed by atoms with Crippen molar-refractivity contribution in [2.45, 2.75) is 6.18 Å². The summed E-state index contributed by atoms with van der Waals surface area (Å²) in [6.07, 6.45) is -4.63. The third kappa shape index (κ3) is 3.45. The zero-order chi connectivity index (χ0) is 15.6. The summed E-state index contributed by atoms with van der Waals surface area (Å²) < 4.78 is 51.1. The maximum absolute atomic E-state index is 13.5. The molecule has 0 bridgehead atoms. The number of anilines is 2. The summed E-state index contributed by atoms with van der Waals surface area (Å²) in [6.45, 7) is 0. The lowest BCUT2D eigenvalue weighted by Crippen LogP contribution is -2.14. The fourth-order valence-electron chi connectivity index (χ4n) is 1.39. The van der Waals surface area contributed by atoms with Gasteiger partial charge in [-0.3, -0.25) is 4.79 Å². The summed E-state index contributed by atoms with van der Waals surface area (Å²) in [7, 11) is 1.56. The highest BCUT2D eigenvalue weighted by molar-refractivity contribution is 7.17. The van der Waals surface area contributed by atoms with E-state index in [1.807, 2.05) is 5.32 Å². The van der Waals surface area contributed by atoms with Gasteiger partial charge >= 0.3 is 6.18 Å². The first kappa shape index (κ1) is 15.2. The maximum atomic E-state index is 13.5. The van der Waals surface area contributed by atoms with Crippen LogP contribution in [0.5, 0.6) is 0 Å². The zero-order valence-electron chi connectivity index (χ0n) is 10.5. The molecule has 0 radical (unpaired) electrons. The van der Waals surface area contributed by atoms with Crippen molar-refractivity contribution in [3.8, 4) is 0 Å². The second kappa shape index (κ2) is 5.64. The van der Waals surface area contributed by atoms with Crippen LogP contribution in [0.25, 0.3) is 0 Å². The van der Waals surface area contributed by atoms with Crippen molar-refractivity contribution in [1.29, 1.82) is 0 Å². The Morgan fingerprint density at radius 2 is 2.00 bits per heavy atom. The van der Waals surface area contributed by atoms with Crippen molar-refractivity contribution in [3.05, 3.63) is 34.6 Å². The molecule has 5 nitrogen and oxygen atoms in total. The Bertz CT molecular complexity index is 670. The molecule has 1 heterocycles. The molecule has 0 aliphatic carbocycles. The van der Waals surface area contributed by atoms with Crippen molar-refractivity contribution in [3.63, 3.8) is 0 Å². The largest absolute Gasteiger partial charge is 0.416 e. The Kier molecular flexibility index (Phi) is 4.07. The number of halogens is 4. The minimum atomic E-state index is -4.63. The standard InChI is InChI=1S/C11H8F4N4OS/c1-16-10-19-18-9(21-10)8(20)17-7-4-5(11(13,14)15)2-3-6(7)12/h2-4H,1H3,(H,16,19)(H,17,20). The quantitative estimate of drug-likeness (QED) is 0.853. The van der Waals surface area contributed by atoms with Crippen LogP contribution in [0.1, 0.15) is 15.4 Å². The molecule has 112 valence electrons. The van der Waals surface area contributed by atoms with Crippen LogP contribution in [-0.2, 0) is 6.18 Å². The van der Waals surface area contributed by atoms with Gasteiger partial charge in [-0.2, -0.15) is 13.2 Å². The lowest BCUT2D eigenvalue weighted by molar-refractivity contribution is -0.137. The molecule has 2 rings (SSSR count). The van der Waals surface area contributed by atoms with Crippen molar-refractivity contribution in [1.82, 2.24) is 10.2 Å². The van der Waals surface area contributed by atoms with Crippen LogP contribution >= 0.6 is 11.3 Å². The third-order valence-electron chi connectivity index (χ3n) is 2.37. The molecule has 0 aliphatic heterocycles. The number of alkyl halides is 3. The molecule has 0 fully saturated rings. The lowest BCUT2D eigenvalue weighted by Gasteiger charge is -2.10. The first-order chi connectivity index (χ1) is 9.81. The number of nitrogens with one attached hydrogen (secondary N) is 2. The van der Waals surface area contributed by atoms with E-state index in [1.54, 1.807) is 7.05 Å². The zero-order valence-corrected chi connectivity index (χ0v) is 11.3. The fourth-order valence-corrected chi connectivity index (χ4v) is 1.98. The van der Waals surface area contributed by atoms with Crippen molar-refractivity contribution in [2.24, 2.45) is 0 Å². The van der Waals surface area contributed by atoms with Crippen LogP contribution < -0.4 is 10.6 Å². The van der Waals surface area contributed by atoms with Crippen LogP contribution in [0, 0.1) is 5.82 Å². The number of carbonyl (C=O) groups is 1. The summed E-state index contributed by atoms with van der Waals surface area (Å²) in [6, 6.07) is 1.75. The molecule has 10 heteroatoms. The van der Waals surface area contributed by atoms with Gasteiger partial charge < -0.3 is 10.6 Å². The van der Waals surface area contributed by atoms with Gasteiger partial charge in [0.1, 0.15) is 5.82 Å². The van der Waals surface area contributed by atoms with Gasteiger partial charge in [0, 0.05) is 7.05 Å². The van der Waals surface area contributed by atoms with Crippen molar-refractivity contribution in [2.75, 3.05) is 17.7 Å².